The minimum absolute atomic E-state index is 0.0137. The van der Waals surface area contributed by atoms with Gasteiger partial charge in [0.05, 0.1) is 0 Å². The maximum Gasteiger partial charge on any atom is 0.492 e. The van der Waals surface area contributed by atoms with Crippen molar-refractivity contribution < 1.29 is 33.6 Å². The van der Waals surface area contributed by atoms with Crippen LogP contribution in [0.2, 0.25) is 6.04 Å². The predicted octanol–water partition coefficient (Wildman–Crippen LogP) is -1.92. The Bertz CT molecular complexity index is 338. The molecular formula is C8H14N2O7Si. The molecule has 1 saturated heterocycles. The van der Waals surface area contributed by atoms with Crippen molar-refractivity contribution in [2.24, 2.45) is 0 Å². The fraction of sp³-hybridized carbons (Fsp3) is 0.625. The molecule has 0 aliphatic carbocycles. The first-order valence-corrected chi connectivity index (χ1v) is 7.33. The normalized spacial score (nSPS) is 16.1. The van der Waals surface area contributed by atoms with Crippen LogP contribution in [-0.2, 0) is 14.4 Å². The summed E-state index contributed by atoms with van der Waals surface area (Å²) in [4.78, 5) is 63.9. The van der Waals surface area contributed by atoms with Gasteiger partial charge < -0.3 is 24.5 Å². The lowest BCUT2D eigenvalue weighted by atomic mass is 10.4. The monoisotopic (exact) mass is 278 g/mol. The Balaban J connectivity index is 2.22. The Kier molecular flexibility index (Phi) is 4.78. The summed E-state index contributed by atoms with van der Waals surface area (Å²) in [6.07, 6.45) is -0.827. The average molecular weight is 278 g/mol. The van der Waals surface area contributed by atoms with Crippen molar-refractivity contribution in [2.75, 3.05) is 6.54 Å². The van der Waals surface area contributed by atoms with E-state index in [0.29, 0.717) is 5.06 Å². The van der Waals surface area contributed by atoms with Crippen LogP contribution in [0.5, 0.6) is 0 Å². The highest BCUT2D eigenvalue weighted by Gasteiger charge is 2.33. The average Bonchev–Trinajstić information content (AvgIpc) is 2.55. The van der Waals surface area contributed by atoms with Gasteiger partial charge in [0, 0.05) is 25.4 Å². The van der Waals surface area contributed by atoms with Crippen LogP contribution in [0.3, 0.4) is 0 Å². The highest BCUT2D eigenvalue weighted by molar-refractivity contribution is 6.56. The summed E-state index contributed by atoms with van der Waals surface area (Å²) in [5, 5.41) is 2.61. The molecule has 1 aliphatic rings. The van der Waals surface area contributed by atoms with Crippen LogP contribution in [-0.4, -0.2) is 52.7 Å². The molecule has 0 atom stereocenters. The van der Waals surface area contributed by atoms with E-state index in [0.717, 1.165) is 0 Å². The molecule has 0 aromatic carbocycles. The third kappa shape index (κ3) is 4.79. The summed E-state index contributed by atoms with van der Waals surface area (Å²) < 4.78 is 0. The number of carbonyl (C=O) groups excluding carboxylic acids is 3. The maximum atomic E-state index is 11.2. The number of nitrogens with one attached hydrogen (secondary N) is 1. The zero-order valence-corrected chi connectivity index (χ0v) is 10.5. The quantitative estimate of drug-likeness (QED) is 0.261. The topological polar surface area (TPSA) is 136 Å². The van der Waals surface area contributed by atoms with Gasteiger partial charge in [-0.25, -0.2) is 4.79 Å². The first kappa shape index (κ1) is 14.6. The Hall–Kier alpha value is -1.49. The number of carbonyl (C=O) groups is 3. The van der Waals surface area contributed by atoms with Gasteiger partial charge in [-0.3, -0.25) is 9.59 Å². The van der Waals surface area contributed by atoms with E-state index in [1.165, 1.54) is 0 Å². The van der Waals surface area contributed by atoms with Gasteiger partial charge in [-0.1, -0.05) is 0 Å². The molecule has 0 spiro atoms. The van der Waals surface area contributed by atoms with Gasteiger partial charge in [-0.2, -0.15) is 0 Å². The molecule has 18 heavy (non-hydrogen) atoms. The number of hydrogen-bond acceptors (Lipinski definition) is 7. The minimum Gasteiger partial charge on any atom is -0.390 e. The standard InChI is InChI=1S/C8H14N2O7Si/c11-6-2-3-7(12)10(6)17-8(13)9-4-1-5-18(14,15)16/h14-16H,1-5H2,(H,9,13). The van der Waals surface area contributed by atoms with E-state index in [-0.39, 0.29) is 31.9 Å². The van der Waals surface area contributed by atoms with E-state index >= 15 is 0 Å². The molecule has 0 radical (unpaired) electrons. The third-order valence-corrected chi connectivity index (χ3v) is 3.16. The number of rotatable bonds is 5. The lowest BCUT2D eigenvalue weighted by Crippen LogP contribution is -2.38. The molecule has 0 aromatic heterocycles. The summed E-state index contributed by atoms with van der Waals surface area (Å²) in [5.41, 5.74) is 0. The SMILES string of the molecule is O=C(NCCC[Si](O)(O)O)ON1C(=O)CCC1=O. The Morgan fingerprint density at radius 1 is 1.28 bits per heavy atom. The van der Waals surface area contributed by atoms with Crippen molar-refractivity contribution in [1.29, 1.82) is 0 Å². The highest BCUT2D eigenvalue weighted by atomic mass is 28.4. The summed E-state index contributed by atoms with van der Waals surface area (Å²) in [7, 11) is -4.10. The fourth-order valence-electron chi connectivity index (χ4n) is 1.29. The molecule has 9 nitrogen and oxygen atoms in total. The third-order valence-electron chi connectivity index (χ3n) is 2.14. The summed E-state index contributed by atoms with van der Waals surface area (Å²) >= 11 is 0. The molecule has 3 amide bonds. The van der Waals surface area contributed by atoms with Crippen LogP contribution in [0.1, 0.15) is 19.3 Å². The van der Waals surface area contributed by atoms with Gasteiger partial charge >= 0.3 is 14.9 Å². The van der Waals surface area contributed by atoms with Crippen LogP contribution in [0.15, 0.2) is 0 Å². The molecule has 0 saturated carbocycles. The molecule has 4 N–H and O–H groups in total. The molecule has 1 aliphatic heterocycles. The minimum atomic E-state index is -4.10. The van der Waals surface area contributed by atoms with E-state index in [4.69, 9.17) is 14.4 Å². The second kappa shape index (κ2) is 5.91. The second-order valence-electron chi connectivity index (χ2n) is 3.77. The molecule has 0 aromatic rings. The van der Waals surface area contributed by atoms with Crippen molar-refractivity contribution in [3.05, 3.63) is 0 Å². The Labute approximate surface area is 103 Å². The molecule has 10 heteroatoms. The smallest absolute Gasteiger partial charge is 0.390 e. The van der Waals surface area contributed by atoms with Crippen LogP contribution in [0.4, 0.5) is 4.79 Å². The Morgan fingerprint density at radius 3 is 2.33 bits per heavy atom. The van der Waals surface area contributed by atoms with Gasteiger partial charge in [-0.15, -0.1) is 5.06 Å². The predicted molar refractivity (Wildman–Crippen MR) is 57.4 cm³/mol. The number of hydrogen-bond donors (Lipinski definition) is 4. The zero-order chi connectivity index (χ0) is 13.8. The largest absolute Gasteiger partial charge is 0.492 e. The molecule has 1 heterocycles. The van der Waals surface area contributed by atoms with Crippen molar-refractivity contribution in [1.82, 2.24) is 10.4 Å². The maximum absolute atomic E-state index is 11.2. The molecule has 1 fully saturated rings. The van der Waals surface area contributed by atoms with Crippen LogP contribution >= 0.6 is 0 Å². The molecule has 0 bridgehead atoms. The van der Waals surface area contributed by atoms with Crippen LogP contribution in [0, 0.1) is 0 Å². The Morgan fingerprint density at radius 2 is 1.83 bits per heavy atom. The van der Waals surface area contributed by atoms with Crippen molar-refractivity contribution >= 4 is 26.7 Å². The number of imide groups is 1. The van der Waals surface area contributed by atoms with E-state index < -0.39 is 26.7 Å². The summed E-state index contributed by atoms with van der Waals surface area (Å²) in [6, 6.07) is -0.227. The lowest BCUT2D eigenvalue weighted by molar-refractivity contribution is -0.171. The van der Waals surface area contributed by atoms with Gasteiger partial charge in [-0.05, 0) is 6.42 Å². The molecular weight excluding hydrogens is 264 g/mol. The second-order valence-corrected chi connectivity index (χ2v) is 5.81. The fourth-order valence-corrected chi connectivity index (χ4v) is 1.94. The van der Waals surface area contributed by atoms with Gasteiger partial charge in [0.1, 0.15) is 0 Å². The molecule has 102 valence electrons. The molecule has 1 rings (SSSR count). The lowest BCUT2D eigenvalue weighted by Gasteiger charge is -2.13. The van der Waals surface area contributed by atoms with Crippen LogP contribution < -0.4 is 5.32 Å². The van der Waals surface area contributed by atoms with Crippen LogP contribution in [0.25, 0.3) is 0 Å². The summed E-state index contributed by atoms with van der Waals surface area (Å²) in [5.74, 6) is -1.16. The van der Waals surface area contributed by atoms with Crippen molar-refractivity contribution in [3.63, 3.8) is 0 Å². The van der Waals surface area contributed by atoms with Crippen molar-refractivity contribution in [3.8, 4) is 0 Å². The number of nitrogens with zero attached hydrogens (tertiary/aromatic N) is 1. The van der Waals surface area contributed by atoms with E-state index in [1.807, 2.05) is 0 Å². The van der Waals surface area contributed by atoms with Gasteiger partial charge in [0.2, 0.25) is 0 Å². The number of amides is 3. The first-order valence-electron chi connectivity index (χ1n) is 5.28. The number of hydroxylamine groups is 2. The highest BCUT2D eigenvalue weighted by Crippen LogP contribution is 2.11. The van der Waals surface area contributed by atoms with Crippen molar-refractivity contribution in [2.45, 2.75) is 25.3 Å². The van der Waals surface area contributed by atoms with Gasteiger partial charge in [0.25, 0.3) is 11.8 Å². The molecule has 0 unspecified atom stereocenters. The van der Waals surface area contributed by atoms with Gasteiger partial charge in [0.15, 0.2) is 0 Å². The van der Waals surface area contributed by atoms with E-state index in [2.05, 4.69) is 10.2 Å². The summed E-state index contributed by atoms with van der Waals surface area (Å²) in [6.45, 7) is 0.0193. The van der Waals surface area contributed by atoms with E-state index in [9.17, 15) is 14.4 Å². The van der Waals surface area contributed by atoms with E-state index in [1.54, 1.807) is 0 Å². The first-order chi connectivity index (χ1) is 8.29. The zero-order valence-electron chi connectivity index (χ0n) is 9.46.